The Balaban J connectivity index is 1.60. The number of hydrogen-bond acceptors (Lipinski definition) is 5. The van der Waals surface area contributed by atoms with E-state index in [0.29, 0.717) is 13.0 Å². The number of hydrogen-bond donors (Lipinski definition) is 2. The fourth-order valence-electron chi connectivity index (χ4n) is 3.70. The average Bonchev–Trinajstić information content (AvgIpc) is 3.28. The summed E-state index contributed by atoms with van der Waals surface area (Å²) >= 11 is 1.45. The van der Waals surface area contributed by atoms with E-state index in [4.69, 9.17) is 9.79 Å². The predicted molar refractivity (Wildman–Crippen MR) is 132 cm³/mol. The number of benzene rings is 1. The van der Waals surface area contributed by atoms with Gasteiger partial charge in [0.25, 0.3) is 0 Å². The highest BCUT2D eigenvalue weighted by molar-refractivity contribution is 7.46. The van der Waals surface area contributed by atoms with Crippen molar-refractivity contribution in [1.82, 2.24) is 9.88 Å². The molecule has 0 saturated carbocycles. The lowest BCUT2D eigenvalue weighted by Crippen LogP contribution is -2.33. The molecular formula is C24H37N2O5PS. The zero-order chi connectivity index (χ0) is 23.9. The van der Waals surface area contributed by atoms with Crippen molar-refractivity contribution in [3.8, 4) is 0 Å². The number of amides is 1. The molecular weight excluding hydrogens is 459 g/mol. The van der Waals surface area contributed by atoms with Gasteiger partial charge in [0.15, 0.2) is 0 Å². The first-order valence-electron chi connectivity index (χ1n) is 11.8. The highest BCUT2D eigenvalue weighted by Gasteiger charge is 2.18. The molecule has 9 heteroatoms. The fraction of sp³-hybridized carbons (Fsp3) is 0.583. The third-order valence-corrected chi connectivity index (χ3v) is 6.75. The highest BCUT2D eigenvalue weighted by Crippen LogP contribution is 2.35. The number of phosphoric acid groups is 1. The van der Waals surface area contributed by atoms with Crippen molar-refractivity contribution in [2.24, 2.45) is 0 Å². The van der Waals surface area contributed by atoms with Gasteiger partial charge in [-0.1, -0.05) is 63.3 Å². The molecule has 0 saturated heterocycles. The minimum atomic E-state index is -4.54. The molecule has 2 N–H and O–H groups in total. The monoisotopic (exact) mass is 496 g/mol. The standard InChI is InChI=1S/C24H37N2O5PS/c1-2-9-21-12-14-22(15-13-21)10-7-5-3-4-6-8-11-24(27)26(16-17-31-32(28,29)30)19-23-18-25-20-33-23/h12-15,18,20H,2-11,16-17,19H2,1H3,(H2,28,29,30). The van der Waals surface area contributed by atoms with Crippen LogP contribution in [-0.2, 0) is 33.3 Å². The first-order chi connectivity index (χ1) is 15.9. The van der Waals surface area contributed by atoms with Crippen LogP contribution in [-0.4, -0.2) is 38.7 Å². The molecule has 0 unspecified atom stereocenters. The summed E-state index contributed by atoms with van der Waals surface area (Å²) in [6.45, 7) is 2.53. The van der Waals surface area contributed by atoms with Gasteiger partial charge in [-0.05, 0) is 36.8 Å². The van der Waals surface area contributed by atoms with Crippen molar-refractivity contribution in [2.45, 2.75) is 77.7 Å². The van der Waals surface area contributed by atoms with Gasteiger partial charge < -0.3 is 14.7 Å². The number of phosphoric ester groups is 1. The van der Waals surface area contributed by atoms with Crippen LogP contribution >= 0.6 is 19.2 Å². The lowest BCUT2D eigenvalue weighted by Gasteiger charge is -2.22. The van der Waals surface area contributed by atoms with Crippen LogP contribution < -0.4 is 0 Å². The van der Waals surface area contributed by atoms with Crippen LogP contribution in [0.2, 0.25) is 0 Å². The Morgan fingerprint density at radius 3 is 2.27 bits per heavy atom. The first kappa shape index (κ1) is 27.7. The van der Waals surface area contributed by atoms with Gasteiger partial charge in [-0.2, -0.15) is 0 Å². The number of nitrogens with zero attached hydrogens (tertiary/aromatic N) is 2. The van der Waals surface area contributed by atoms with Crippen LogP contribution in [0.25, 0.3) is 0 Å². The Labute approximate surface area is 201 Å². The number of aryl methyl sites for hydroxylation is 2. The Morgan fingerprint density at radius 1 is 1.03 bits per heavy atom. The van der Waals surface area contributed by atoms with Crippen LogP contribution in [0.1, 0.15) is 74.3 Å². The van der Waals surface area contributed by atoms with E-state index in [9.17, 15) is 9.36 Å². The van der Waals surface area contributed by atoms with E-state index in [0.717, 1.165) is 37.0 Å². The predicted octanol–water partition coefficient (Wildman–Crippen LogP) is 5.51. The van der Waals surface area contributed by atoms with Crippen molar-refractivity contribution in [2.75, 3.05) is 13.2 Å². The second kappa shape index (κ2) is 15.4. The van der Waals surface area contributed by atoms with E-state index in [1.54, 1.807) is 16.6 Å². The Hall–Kier alpha value is -1.57. The molecule has 184 valence electrons. The third-order valence-electron chi connectivity index (χ3n) is 5.47. The second-order valence-corrected chi connectivity index (χ2v) is 10.5. The maximum Gasteiger partial charge on any atom is 0.469 e. The van der Waals surface area contributed by atoms with Gasteiger partial charge in [0.05, 0.1) is 18.7 Å². The van der Waals surface area contributed by atoms with Gasteiger partial charge >= 0.3 is 7.82 Å². The molecule has 0 radical (unpaired) electrons. The third kappa shape index (κ3) is 12.5. The summed E-state index contributed by atoms with van der Waals surface area (Å²) in [6.07, 6.45) is 12.1. The summed E-state index contributed by atoms with van der Waals surface area (Å²) in [5, 5.41) is 0. The topological polar surface area (TPSA) is 100.0 Å². The molecule has 1 aromatic heterocycles. The minimum Gasteiger partial charge on any atom is -0.335 e. The Bertz CT molecular complexity index is 839. The zero-order valence-corrected chi connectivity index (χ0v) is 21.2. The number of carbonyl (C=O) groups excluding carboxylic acids is 1. The van der Waals surface area contributed by atoms with Crippen molar-refractivity contribution >= 4 is 25.1 Å². The maximum atomic E-state index is 12.6. The van der Waals surface area contributed by atoms with Crippen molar-refractivity contribution in [3.05, 3.63) is 52.0 Å². The highest BCUT2D eigenvalue weighted by atomic mass is 32.1. The van der Waals surface area contributed by atoms with Gasteiger partial charge in [-0.25, -0.2) is 4.57 Å². The van der Waals surface area contributed by atoms with Crippen LogP contribution in [0.4, 0.5) is 0 Å². The minimum absolute atomic E-state index is 0.0239. The summed E-state index contributed by atoms with van der Waals surface area (Å²) in [6, 6.07) is 8.98. The van der Waals surface area contributed by atoms with E-state index in [-0.39, 0.29) is 19.1 Å². The normalized spacial score (nSPS) is 11.6. The largest absolute Gasteiger partial charge is 0.469 e. The number of thiazole rings is 1. The zero-order valence-electron chi connectivity index (χ0n) is 19.5. The molecule has 1 heterocycles. The second-order valence-electron chi connectivity index (χ2n) is 8.29. The van der Waals surface area contributed by atoms with E-state index < -0.39 is 7.82 Å². The van der Waals surface area contributed by atoms with Gasteiger partial charge in [0.2, 0.25) is 5.91 Å². The molecule has 2 rings (SSSR count). The van der Waals surface area contributed by atoms with Crippen molar-refractivity contribution < 1.29 is 23.7 Å². The van der Waals surface area contributed by atoms with E-state index in [1.807, 2.05) is 0 Å². The van der Waals surface area contributed by atoms with E-state index in [1.165, 1.54) is 48.1 Å². The summed E-state index contributed by atoms with van der Waals surface area (Å²) in [5.74, 6) is -0.0239. The molecule has 7 nitrogen and oxygen atoms in total. The van der Waals surface area contributed by atoms with Crippen LogP contribution in [0.5, 0.6) is 0 Å². The summed E-state index contributed by atoms with van der Waals surface area (Å²) in [4.78, 5) is 36.9. The van der Waals surface area contributed by atoms with Crippen LogP contribution in [0.15, 0.2) is 36.0 Å². The van der Waals surface area contributed by atoms with Gasteiger partial charge in [-0.3, -0.25) is 14.3 Å². The molecule has 0 bridgehead atoms. The summed E-state index contributed by atoms with van der Waals surface area (Å²) < 4.78 is 15.4. The molecule has 33 heavy (non-hydrogen) atoms. The average molecular weight is 497 g/mol. The fourth-order valence-corrected chi connectivity index (χ4v) is 4.63. The smallest absolute Gasteiger partial charge is 0.335 e. The van der Waals surface area contributed by atoms with E-state index in [2.05, 4.69) is 40.7 Å². The Morgan fingerprint density at radius 2 is 1.67 bits per heavy atom. The summed E-state index contributed by atoms with van der Waals surface area (Å²) in [5.41, 5.74) is 4.52. The van der Waals surface area contributed by atoms with Gasteiger partial charge in [0.1, 0.15) is 0 Å². The number of rotatable bonds is 17. The quantitative estimate of drug-likeness (QED) is 0.221. The summed E-state index contributed by atoms with van der Waals surface area (Å²) in [7, 11) is -4.54. The van der Waals surface area contributed by atoms with Crippen molar-refractivity contribution in [3.63, 3.8) is 0 Å². The number of carbonyl (C=O) groups is 1. The molecule has 0 spiro atoms. The lowest BCUT2D eigenvalue weighted by molar-refractivity contribution is -0.132. The molecule has 0 fully saturated rings. The molecule has 0 aliphatic rings. The Kier molecular flexibility index (Phi) is 12.9. The molecule has 0 atom stereocenters. The molecule has 0 aliphatic heterocycles. The number of unbranched alkanes of at least 4 members (excludes halogenated alkanes) is 5. The molecule has 2 aromatic rings. The van der Waals surface area contributed by atoms with Crippen LogP contribution in [0, 0.1) is 0 Å². The lowest BCUT2D eigenvalue weighted by atomic mass is 10.0. The molecule has 0 aliphatic carbocycles. The SMILES string of the molecule is CCCc1ccc(CCCCCCCCC(=O)N(CCOP(=O)(O)O)Cc2cncs2)cc1. The van der Waals surface area contributed by atoms with Crippen LogP contribution in [0.3, 0.4) is 0 Å². The molecule has 1 amide bonds. The molecule has 1 aromatic carbocycles. The van der Waals surface area contributed by atoms with Gasteiger partial charge in [-0.15, -0.1) is 11.3 Å². The first-order valence-corrected chi connectivity index (χ1v) is 14.2. The van der Waals surface area contributed by atoms with Gasteiger partial charge in [0, 0.05) is 24.0 Å². The maximum absolute atomic E-state index is 12.6. The van der Waals surface area contributed by atoms with Crippen molar-refractivity contribution in [1.29, 1.82) is 0 Å². The van der Waals surface area contributed by atoms with E-state index >= 15 is 0 Å². The number of aromatic nitrogens is 1.